The Morgan fingerprint density at radius 3 is 2.23 bits per heavy atom. The van der Waals surface area contributed by atoms with Gasteiger partial charge in [0, 0.05) is 6.42 Å². The molecule has 1 saturated heterocycles. The molecule has 2 atom stereocenters. The van der Waals surface area contributed by atoms with Gasteiger partial charge in [-0.15, -0.1) is 0 Å². The predicted octanol–water partition coefficient (Wildman–Crippen LogP) is 0.984. The lowest BCUT2D eigenvalue weighted by Gasteiger charge is -2.27. The highest BCUT2D eigenvalue weighted by molar-refractivity contribution is 6.12. The molecule has 0 radical (unpaired) electrons. The van der Waals surface area contributed by atoms with Crippen LogP contribution in [0.25, 0.3) is 0 Å². The molecule has 9 nitrogen and oxygen atoms in total. The van der Waals surface area contributed by atoms with Crippen LogP contribution in [-0.2, 0) is 28.6 Å². The number of amides is 2. The smallest absolute Gasteiger partial charge is 0.417 e. The lowest BCUT2D eigenvalue weighted by Crippen LogP contribution is -2.48. The minimum Gasteiger partial charge on any atom is -0.465 e. The lowest BCUT2D eigenvalue weighted by atomic mass is 9.81. The van der Waals surface area contributed by atoms with Gasteiger partial charge in [-0.1, -0.05) is 0 Å². The van der Waals surface area contributed by atoms with Crippen LogP contribution in [0.3, 0.4) is 0 Å². The Morgan fingerprint density at radius 2 is 1.77 bits per heavy atom. The average Bonchev–Trinajstić information content (AvgIpc) is 2.81. The van der Waals surface area contributed by atoms with E-state index in [9.17, 15) is 19.2 Å². The Hall–Kier alpha value is -2.16. The van der Waals surface area contributed by atoms with Gasteiger partial charge >= 0.3 is 18.0 Å². The largest absolute Gasteiger partial charge is 0.465 e. The molecule has 0 aliphatic carbocycles. The molecule has 0 aromatic carbocycles. The summed E-state index contributed by atoms with van der Waals surface area (Å²) in [4.78, 5) is 51.1. The molecule has 148 valence electrons. The van der Waals surface area contributed by atoms with Crippen molar-refractivity contribution < 1.29 is 33.4 Å². The number of carbonyl (C=O) groups is 4. The van der Waals surface area contributed by atoms with Gasteiger partial charge < -0.3 is 19.9 Å². The molecule has 1 rings (SSSR count). The molecule has 1 fully saturated rings. The minimum atomic E-state index is -1.71. The number of imide groups is 1. The van der Waals surface area contributed by atoms with Crippen LogP contribution in [0.4, 0.5) is 4.79 Å². The number of esters is 2. The van der Waals surface area contributed by atoms with Crippen LogP contribution in [0, 0.1) is 5.41 Å². The maximum atomic E-state index is 13.0. The van der Waals surface area contributed by atoms with Crippen LogP contribution < -0.4 is 5.73 Å². The standard InChI is InChI=1S/C17H28N2O7/c1-6-24-12(20)11-10-17(8-9-18,14(22)25-7-2)13(21)19(11)15(23)26-16(3,4)5/h11H,6-10,18H2,1-5H3/t11-,17-/m0/s1. The number of hydrogen-bond acceptors (Lipinski definition) is 8. The topological polar surface area (TPSA) is 125 Å². The van der Waals surface area contributed by atoms with Gasteiger partial charge in [-0.25, -0.2) is 14.5 Å². The summed E-state index contributed by atoms with van der Waals surface area (Å²) in [5.41, 5.74) is 2.98. The molecule has 2 N–H and O–H groups in total. The normalized spacial score (nSPS) is 22.9. The Kier molecular flexibility index (Phi) is 7.14. The highest BCUT2D eigenvalue weighted by Crippen LogP contribution is 2.41. The predicted molar refractivity (Wildman–Crippen MR) is 90.9 cm³/mol. The van der Waals surface area contributed by atoms with E-state index in [4.69, 9.17) is 19.9 Å². The van der Waals surface area contributed by atoms with Gasteiger partial charge in [-0.2, -0.15) is 0 Å². The van der Waals surface area contributed by atoms with E-state index in [0.29, 0.717) is 4.90 Å². The number of likely N-dealkylation sites (tertiary alicyclic amines) is 1. The second-order valence-electron chi connectivity index (χ2n) is 6.97. The summed E-state index contributed by atoms with van der Waals surface area (Å²) in [7, 11) is 0. The van der Waals surface area contributed by atoms with Crippen LogP contribution in [0.5, 0.6) is 0 Å². The van der Waals surface area contributed by atoms with E-state index in [1.807, 2.05) is 0 Å². The van der Waals surface area contributed by atoms with Crippen molar-refractivity contribution in [2.24, 2.45) is 11.1 Å². The molecule has 0 unspecified atom stereocenters. The first-order valence-electron chi connectivity index (χ1n) is 8.64. The molecular formula is C17H28N2O7. The minimum absolute atomic E-state index is 0.00224. The monoisotopic (exact) mass is 372 g/mol. The number of nitrogens with two attached hydrogens (primary N) is 1. The summed E-state index contributed by atoms with van der Waals surface area (Å²) in [6, 6.07) is -1.27. The van der Waals surface area contributed by atoms with Crippen molar-refractivity contribution >= 4 is 23.9 Å². The molecule has 0 aromatic heterocycles. The molecule has 0 spiro atoms. The first-order valence-corrected chi connectivity index (χ1v) is 8.64. The number of ether oxygens (including phenoxy) is 3. The number of nitrogens with zero attached hydrogens (tertiary/aromatic N) is 1. The van der Waals surface area contributed by atoms with Crippen molar-refractivity contribution in [1.82, 2.24) is 4.90 Å². The van der Waals surface area contributed by atoms with E-state index >= 15 is 0 Å². The molecule has 1 aliphatic rings. The Balaban J connectivity index is 3.33. The Morgan fingerprint density at radius 1 is 1.19 bits per heavy atom. The Labute approximate surface area is 153 Å². The van der Waals surface area contributed by atoms with Gasteiger partial charge in [0.1, 0.15) is 11.6 Å². The van der Waals surface area contributed by atoms with E-state index in [1.165, 1.54) is 0 Å². The molecule has 2 amide bonds. The molecule has 0 saturated carbocycles. The maximum Gasteiger partial charge on any atom is 0.417 e. The first kappa shape index (κ1) is 21.9. The number of rotatable bonds is 6. The highest BCUT2D eigenvalue weighted by Gasteiger charge is 2.62. The van der Waals surface area contributed by atoms with Crippen molar-refractivity contribution in [3.8, 4) is 0 Å². The van der Waals surface area contributed by atoms with E-state index in [1.54, 1.807) is 34.6 Å². The second kappa shape index (κ2) is 8.48. The van der Waals surface area contributed by atoms with Crippen molar-refractivity contribution in [2.75, 3.05) is 19.8 Å². The van der Waals surface area contributed by atoms with Crippen molar-refractivity contribution in [2.45, 2.75) is 59.1 Å². The summed E-state index contributed by atoms with van der Waals surface area (Å²) >= 11 is 0. The number of carbonyl (C=O) groups excluding carboxylic acids is 4. The van der Waals surface area contributed by atoms with E-state index in [2.05, 4.69) is 0 Å². The average molecular weight is 372 g/mol. The van der Waals surface area contributed by atoms with Crippen molar-refractivity contribution in [1.29, 1.82) is 0 Å². The van der Waals surface area contributed by atoms with Gasteiger partial charge in [-0.3, -0.25) is 9.59 Å². The number of hydrogen-bond donors (Lipinski definition) is 1. The summed E-state index contributed by atoms with van der Waals surface area (Å²) in [5.74, 6) is -2.44. The fraction of sp³-hybridized carbons (Fsp3) is 0.765. The van der Waals surface area contributed by atoms with E-state index in [-0.39, 0.29) is 32.6 Å². The van der Waals surface area contributed by atoms with E-state index in [0.717, 1.165) is 0 Å². The zero-order valence-corrected chi connectivity index (χ0v) is 16.0. The van der Waals surface area contributed by atoms with Crippen LogP contribution in [0.15, 0.2) is 0 Å². The van der Waals surface area contributed by atoms with Crippen molar-refractivity contribution in [3.63, 3.8) is 0 Å². The SMILES string of the molecule is CCOC(=O)[C@@H]1C[C@](CCN)(C(=O)OCC)C(=O)N1C(=O)OC(C)(C)C. The fourth-order valence-corrected chi connectivity index (χ4v) is 2.83. The van der Waals surface area contributed by atoms with E-state index < -0.39 is 41.0 Å². The quantitative estimate of drug-likeness (QED) is 0.415. The summed E-state index contributed by atoms with van der Waals surface area (Å²) in [6.45, 7) is 8.20. The molecule has 9 heteroatoms. The maximum absolute atomic E-state index is 13.0. The Bertz CT molecular complexity index is 570. The molecule has 1 aliphatic heterocycles. The molecule has 26 heavy (non-hydrogen) atoms. The third-order valence-electron chi connectivity index (χ3n) is 3.87. The fourth-order valence-electron chi connectivity index (χ4n) is 2.83. The zero-order chi connectivity index (χ0) is 20.1. The lowest BCUT2D eigenvalue weighted by molar-refractivity contribution is -0.161. The zero-order valence-electron chi connectivity index (χ0n) is 16.0. The summed E-state index contributed by atoms with van der Waals surface area (Å²) in [6.07, 6.45) is -1.32. The highest BCUT2D eigenvalue weighted by atomic mass is 16.6. The molecular weight excluding hydrogens is 344 g/mol. The van der Waals surface area contributed by atoms with Gasteiger partial charge in [0.15, 0.2) is 5.41 Å². The third kappa shape index (κ3) is 4.51. The first-order chi connectivity index (χ1) is 12.0. The van der Waals surface area contributed by atoms with Gasteiger partial charge in [0.25, 0.3) is 0 Å². The van der Waals surface area contributed by atoms with Crippen LogP contribution in [-0.4, -0.2) is 60.2 Å². The van der Waals surface area contributed by atoms with Crippen LogP contribution in [0.2, 0.25) is 0 Å². The second-order valence-corrected chi connectivity index (χ2v) is 6.97. The molecule has 0 bridgehead atoms. The third-order valence-corrected chi connectivity index (χ3v) is 3.87. The van der Waals surface area contributed by atoms with Gasteiger partial charge in [0.2, 0.25) is 5.91 Å². The van der Waals surface area contributed by atoms with Crippen LogP contribution >= 0.6 is 0 Å². The van der Waals surface area contributed by atoms with Gasteiger partial charge in [-0.05, 0) is 47.6 Å². The van der Waals surface area contributed by atoms with Gasteiger partial charge in [0.05, 0.1) is 13.2 Å². The molecule has 0 aromatic rings. The van der Waals surface area contributed by atoms with Crippen molar-refractivity contribution in [3.05, 3.63) is 0 Å². The summed E-state index contributed by atoms with van der Waals surface area (Å²) in [5, 5.41) is 0. The molecule has 1 heterocycles. The van der Waals surface area contributed by atoms with Crippen LogP contribution in [0.1, 0.15) is 47.5 Å². The summed E-state index contributed by atoms with van der Waals surface area (Å²) < 4.78 is 15.2.